The third kappa shape index (κ3) is 3.53. The third-order valence-corrected chi connectivity index (χ3v) is 5.25. The molecule has 6 heteroatoms. The molecule has 6 nitrogen and oxygen atoms in total. The molecule has 0 aliphatic carbocycles. The van der Waals surface area contributed by atoms with E-state index in [1.807, 2.05) is 38.1 Å². The molecule has 0 bridgehead atoms. The van der Waals surface area contributed by atoms with Crippen molar-refractivity contribution in [1.29, 1.82) is 0 Å². The fourth-order valence-corrected chi connectivity index (χ4v) is 3.73. The lowest BCUT2D eigenvalue weighted by Crippen LogP contribution is -2.28. The Morgan fingerprint density at radius 2 is 1.83 bits per heavy atom. The maximum Gasteiger partial charge on any atom is 0.234 e. The number of nitrogens with zero attached hydrogens (tertiary/aromatic N) is 1. The van der Waals surface area contributed by atoms with Gasteiger partial charge in [0.05, 0.1) is 12.1 Å². The van der Waals surface area contributed by atoms with E-state index in [-0.39, 0.29) is 37.0 Å². The van der Waals surface area contributed by atoms with Crippen LogP contribution < -0.4 is 10.2 Å². The Bertz CT molecular complexity index is 1110. The van der Waals surface area contributed by atoms with Crippen LogP contribution >= 0.6 is 0 Å². The predicted molar refractivity (Wildman–Crippen MR) is 111 cm³/mol. The van der Waals surface area contributed by atoms with Gasteiger partial charge in [-0.05, 0) is 30.7 Å². The minimum absolute atomic E-state index is 0.175. The Hall–Kier alpha value is -3.41. The lowest BCUT2D eigenvalue weighted by atomic mass is 10.1. The van der Waals surface area contributed by atoms with E-state index in [4.69, 9.17) is 4.42 Å². The van der Waals surface area contributed by atoms with Crippen LogP contribution in [-0.2, 0) is 27.2 Å². The van der Waals surface area contributed by atoms with Gasteiger partial charge in [-0.2, -0.15) is 0 Å². The maximum absolute atomic E-state index is 12.8. The average molecular weight is 390 g/mol. The number of amides is 3. The highest BCUT2D eigenvalue weighted by Gasteiger charge is 2.30. The fraction of sp³-hybridized carbons (Fsp3) is 0.261. The molecular weight excluding hydrogens is 368 g/mol. The summed E-state index contributed by atoms with van der Waals surface area (Å²) in [5.74, 6) is 0.202. The van der Waals surface area contributed by atoms with Crippen LogP contribution in [0.1, 0.15) is 36.7 Å². The zero-order valence-corrected chi connectivity index (χ0v) is 16.5. The quantitative estimate of drug-likeness (QED) is 0.664. The van der Waals surface area contributed by atoms with Crippen LogP contribution in [0.15, 0.2) is 46.9 Å². The molecule has 2 aromatic carbocycles. The van der Waals surface area contributed by atoms with Gasteiger partial charge in [0, 0.05) is 35.9 Å². The monoisotopic (exact) mass is 390 g/mol. The minimum atomic E-state index is -0.214. The summed E-state index contributed by atoms with van der Waals surface area (Å²) in [6.07, 6.45) is 1.33. The van der Waals surface area contributed by atoms with Crippen LogP contribution in [0, 0.1) is 6.92 Å². The first-order valence-corrected chi connectivity index (χ1v) is 9.73. The molecule has 2 heterocycles. The number of rotatable bonds is 5. The molecule has 148 valence electrons. The molecule has 1 fully saturated rings. The lowest BCUT2D eigenvalue weighted by molar-refractivity contribution is -0.121. The first kappa shape index (κ1) is 18.9. The van der Waals surface area contributed by atoms with Gasteiger partial charge in [-0.3, -0.25) is 19.3 Å². The molecule has 0 saturated carbocycles. The highest BCUT2D eigenvalue weighted by Crippen LogP contribution is 2.29. The van der Waals surface area contributed by atoms with E-state index in [0.29, 0.717) is 17.8 Å². The van der Waals surface area contributed by atoms with Gasteiger partial charge in [0.2, 0.25) is 17.7 Å². The molecule has 0 spiro atoms. The summed E-state index contributed by atoms with van der Waals surface area (Å²) in [7, 11) is 0. The van der Waals surface area contributed by atoms with Crippen LogP contribution in [0.25, 0.3) is 11.0 Å². The van der Waals surface area contributed by atoms with Gasteiger partial charge in [-0.25, -0.2) is 0 Å². The number of benzene rings is 2. The molecule has 0 atom stereocenters. The highest BCUT2D eigenvalue weighted by molar-refractivity contribution is 6.20. The van der Waals surface area contributed by atoms with E-state index in [0.717, 1.165) is 27.9 Å². The van der Waals surface area contributed by atoms with Crippen molar-refractivity contribution in [2.75, 3.05) is 10.2 Å². The van der Waals surface area contributed by atoms with E-state index in [1.54, 1.807) is 18.2 Å². The summed E-state index contributed by atoms with van der Waals surface area (Å²) < 4.78 is 5.87. The Morgan fingerprint density at radius 1 is 1.10 bits per heavy atom. The lowest BCUT2D eigenvalue weighted by Gasteiger charge is -2.17. The topological polar surface area (TPSA) is 79.6 Å². The predicted octanol–water partition coefficient (Wildman–Crippen LogP) is 4.14. The molecule has 1 aliphatic heterocycles. The Morgan fingerprint density at radius 3 is 2.55 bits per heavy atom. The molecule has 3 aromatic rings. The number of para-hydroxylation sites is 1. The second-order valence-corrected chi connectivity index (χ2v) is 7.20. The molecule has 3 amide bonds. The summed E-state index contributed by atoms with van der Waals surface area (Å²) in [4.78, 5) is 38.0. The van der Waals surface area contributed by atoms with Crippen LogP contribution in [0.3, 0.4) is 0 Å². The second-order valence-electron chi connectivity index (χ2n) is 7.20. The van der Waals surface area contributed by atoms with Crippen molar-refractivity contribution in [3.8, 4) is 0 Å². The van der Waals surface area contributed by atoms with Gasteiger partial charge in [0.1, 0.15) is 11.3 Å². The second kappa shape index (κ2) is 7.54. The number of hydrogen-bond acceptors (Lipinski definition) is 4. The van der Waals surface area contributed by atoms with Crippen LogP contribution in [-0.4, -0.2) is 17.7 Å². The van der Waals surface area contributed by atoms with Crippen molar-refractivity contribution in [1.82, 2.24) is 0 Å². The van der Waals surface area contributed by atoms with Crippen LogP contribution in [0.4, 0.5) is 11.4 Å². The van der Waals surface area contributed by atoms with Crippen molar-refractivity contribution in [2.24, 2.45) is 0 Å². The van der Waals surface area contributed by atoms with Crippen LogP contribution in [0.2, 0.25) is 0 Å². The van der Waals surface area contributed by atoms with Crippen molar-refractivity contribution in [3.05, 3.63) is 59.4 Å². The molecule has 0 unspecified atom stereocenters. The van der Waals surface area contributed by atoms with Crippen molar-refractivity contribution in [3.63, 3.8) is 0 Å². The number of nitrogens with one attached hydrogen (secondary N) is 1. The number of anilines is 2. The molecule has 0 radical (unpaired) electrons. The first-order valence-electron chi connectivity index (χ1n) is 9.73. The smallest absolute Gasteiger partial charge is 0.234 e. The van der Waals surface area contributed by atoms with Gasteiger partial charge < -0.3 is 9.73 Å². The first-order chi connectivity index (χ1) is 14.0. The third-order valence-electron chi connectivity index (χ3n) is 5.25. The van der Waals surface area contributed by atoms with Crippen LogP contribution in [0.5, 0.6) is 0 Å². The maximum atomic E-state index is 12.8. The molecule has 1 N–H and O–H groups in total. The summed E-state index contributed by atoms with van der Waals surface area (Å²) in [5, 5.41) is 3.87. The molecular formula is C23H22N2O4. The Kier molecular flexibility index (Phi) is 4.92. The normalized spacial score (nSPS) is 14.1. The van der Waals surface area contributed by atoms with E-state index >= 15 is 0 Å². The van der Waals surface area contributed by atoms with E-state index in [2.05, 4.69) is 5.32 Å². The average Bonchev–Trinajstić information content (AvgIpc) is 3.23. The number of hydrogen-bond donors (Lipinski definition) is 1. The summed E-state index contributed by atoms with van der Waals surface area (Å²) in [6.45, 7) is 3.87. The number of fused-ring (bicyclic) bond motifs is 1. The van der Waals surface area contributed by atoms with Gasteiger partial charge in [0.25, 0.3) is 0 Å². The van der Waals surface area contributed by atoms with Gasteiger partial charge in [-0.15, -0.1) is 0 Å². The summed E-state index contributed by atoms with van der Waals surface area (Å²) in [5.41, 5.74) is 3.59. The number of imide groups is 1. The molecule has 29 heavy (non-hydrogen) atoms. The number of carbonyl (C=O) groups is 3. The number of carbonyl (C=O) groups excluding carboxylic acids is 3. The van der Waals surface area contributed by atoms with Crippen molar-refractivity contribution >= 4 is 40.1 Å². The minimum Gasteiger partial charge on any atom is -0.461 e. The Labute approximate surface area is 168 Å². The molecule has 1 aromatic heterocycles. The summed E-state index contributed by atoms with van der Waals surface area (Å²) in [6, 6.07) is 12.9. The number of furan rings is 1. The summed E-state index contributed by atoms with van der Waals surface area (Å²) >= 11 is 0. The van der Waals surface area contributed by atoms with Gasteiger partial charge in [-0.1, -0.05) is 31.2 Å². The zero-order chi connectivity index (χ0) is 20.5. The van der Waals surface area contributed by atoms with Crippen molar-refractivity contribution < 1.29 is 18.8 Å². The molecule has 1 aliphatic rings. The zero-order valence-electron chi connectivity index (χ0n) is 16.5. The largest absolute Gasteiger partial charge is 0.461 e. The van der Waals surface area contributed by atoms with E-state index < -0.39 is 0 Å². The molecule has 4 rings (SSSR count). The van der Waals surface area contributed by atoms with E-state index in [9.17, 15) is 14.4 Å². The SMILES string of the molecule is CCc1oc2ccccc2c1CC(=O)Nc1cc(N2C(=O)CCC2=O)ccc1C. The van der Waals surface area contributed by atoms with E-state index in [1.165, 1.54) is 4.90 Å². The highest BCUT2D eigenvalue weighted by atomic mass is 16.3. The Balaban J connectivity index is 1.59. The van der Waals surface area contributed by atoms with Crippen molar-refractivity contribution in [2.45, 2.75) is 39.5 Å². The number of aryl methyl sites for hydroxylation is 2. The van der Waals surface area contributed by atoms with Gasteiger partial charge in [0.15, 0.2) is 0 Å². The standard InChI is InChI=1S/C23H22N2O4/c1-3-19-17(16-6-4-5-7-20(16)29-19)13-21(26)24-18-12-15(9-8-14(18)2)25-22(27)10-11-23(25)28/h4-9,12H,3,10-11,13H2,1-2H3,(H,24,26). The fourth-order valence-electron chi connectivity index (χ4n) is 3.73. The molecule has 1 saturated heterocycles. The van der Waals surface area contributed by atoms with Gasteiger partial charge >= 0.3 is 0 Å².